The van der Waals surface area contributed by atoms with Crippen LogP contribution in [0.5, 0.6) is 0 Å². The number of carbonyl (C=O) groups excluding carboxylic acids is 1. The lowest BCUT2D eigenvalue weighted by atomic mass is 10.0. The summed E-state index contributed by atoms with van der Waals surface area (Å²) in [4.78, 5) is 12.2. The molecule has 1 unspecified atom stereocenters. The Morgan fingerprint density at radius 1 is 1.12 bits per heavy atom. The predicted molar refractivity (Wildman–Crippen MR) is 79.8 cm³/mol. The first-order valence-corrected chi connectivity index (χ1v) is 7.16. The van der Waals surface area contributed by atoms with Gasteiger partial charge in [-0.05, 0) is 30.2 Å². The molecule has 7 heteroatoms. The standard InChI is InChI=1S/C17H15F4NO2/c18-14-7-6-12(17(19,20)21)10-13(14)16(24)22-15(8-9-23)11-4-2-1-3-5-11/h1-7,10,15,23H,8-9H2,(H,22,24). The lowest BCUT2D eigenvalue weighted by Gasteiger charge is -2.19. The van der Waals surface area contributed by atoms with Crippen LogP contribution in [0.4, 0.5) is 17.6 Å². The van der Waals surface area contributed by atoms with Crippen LogP contribution in [0.3, 0.4) is 0 Å². The monoisotopic (exact) mass is 341 g/mol. The maximum absolute atomic E-state index is 13.8. The summed E-state index contributed by atoms with van der Waals surface area (Å²) in [6.07, 6.45) is -4.52. The quantitative estimate of drug-likeness (QED) is 0.815. The van der Waals surface area contributed by atoms with Crippen LogP contribution < -0.4 is 5.32 Å². The normalized spacial score (nSPS) is 12.7. The Labute approximate surface area is 135 Å². The van der Waals surface area contributed by atoms with E-state index in [1.165, 1.54) is 0 Å². The third kappa shape index (κ3) is 4.32. The Hall–Kier alpha value is -2.41. The van der Waals surface area contributed by atoms with E-state index in [4.69, 9.17) is 5.11 Å². The van der Waals surface area contributed by atoms with E-state index >= 15 is 0 Å². The van der Waals surface area contributed by atoms with Gasteiger partial charge in [0.15, 0.2) is 0 Å². The van der Waals surface area contributed by atoms with Gasteiger partial charge in [0.2, 0.25) is 0 Å². The first kappa shape index (κ1) is 17.9. The van der Waals surface area contributed by atoms with Crippen LogP contribution in [-0.4, -0.2) is 17.6 Å². The summed E-state index contributed by atoms with van der Waals surface area (Å²) in [7, 11) is 0. The third-order valence-electron chi connectivity index (χ3n) is 3.46. The molecule has 0 aromatic heterocycles. The van der Waals surface area contributed by atoms with E-state index < -0.39 is 35.1 Å². The summed E-state index contributed by atoms with van der Waals surface area (Å²) >= 11 is 0. The van der Waals surface area contributed by atoms with E-state index in [1.54, 1.807) is 30.3 Å². The van der Waals surface area contributed by atoms with Crippen molar-refractivity contribution in [3.63, 3.8) is 0 Å². The Balaban J connectivity index is 2.27. The molecule has 0 spiro atoms. The fourth-order valence-corrected chi connectivity index (χ4v) is 2.25. The highest BCUT2D eigenvalue weighted by molar-refractivity contribution is 5.95. The van der Waals surface area contributed by atoms with Crippen molar-refractivity contribution in [1.82, 2.24) is 5.32 Å². The summed E-state index contributed by atoms with van der Waals surface area (Å²) in [5, 5.41) is 11.6. The maximum atomic E-state index is 13.8. The smallest absolute Gasteiger partial charge is 0.396 e. The van der Waals surface area contributed by atoms with Crippen LogP contribution in [-0.2, 0) is 6.18 Å². The highest BCUT2D eigenvalue weighted by Gasteiger charge is 2.32. The predicted octanol–water partition coefficient (Wildman–Crippen LogP) is 3.70. The van der Waals surface area contributed by atoms with Gasteiger partial charge in [-0.2, -0.15) is 13.2 Å². The second-order valence-electron chi connectivity index (χ2n) is 5.14. The highest BCUT2D eigenvalue weighted by Crippen LogP contribution is 2.30. The zero-order valence-electron chi connectivity index (χ0n) is 12.5. The molecular formula is C17H15F4NO2. The molecule has 1 atom stereocenters. The van der Waals surface area contributed by atoms with Gasteiger partial charge in [-0.3, -0.25) is 4.79 Å². The Bertz CT molecular complexity index is 701. The number of hydrogen-bond donors (Lipinski definition) is 2. The van der Waals surface area contributed by atoms with Crippen molar-refractivity contribution in [2.45, 2.75) is 18.6 Å². The number of hydrogen-bond acceptors (Lipinski definition) is 2. The number of alkyl halides is 3. The zero-order valence-corrected chi connectivity index (χ0v) is 12.5. The molecule has 2 N–H and O–H groups in total. The zero-order chi connectivity index (χ0) is 17.7. The molecule has 0 aliphatic rings. The van der Waals surface area contributed by atoms with Gasteiger partial charge in [0, 0.05) is 6.61 Å². The van der Waals surface area contributed by atoms with Crippen LogP contribution in [0.1, 0.15) is 33.9 Å². The molecule has 2 rings (SSSR count). The van der Waals surface area contributed by atoms with Crippen molar-refractivity contribution in [2.75, 3.05) is 6.61 Å². The Morgan fingerprint density at radius 2 is 1.79 bits per heavy atom. The van der Waals surface area contributed by atoms with Crippen LogP contribution in [0, 0.1) is 5.82 Å². The van der Waals surface area contributed by atoms with Crippen LogP contribution in [0.25, 0.3) is 0 Å². The largest absolute Gasteiger partial charge is 0.416 e. The summed E-state index contributed by atoms with van der Waals surface area (Å²) in [6.45, 7) is -0.245. The number of rotatable bonds is 5. The first-order chi connectivity index (χ1) is 11.3. The van der Waals surface area contributed by atoms with Crippen LogP contribution in [0.15, 0.2) is 48.5 Å². The maximum Gasteiger partial charge on any atom is 0.416 e. The van der Waals surface area contributed by atoms with Gasteiger partial charge in [-0.1, -0.05) is 30.3 Å². The lowest BCUT2D eigenvalue weighted by Crippen LogP contribution is -2.30. The lowest BCUT2D eigenvalue weighted by molar-refractivity contribution is -0.137. The van der Waals surface area contributed by atoms with Crippen molar-refractivity contribution in [2.24, 2.45) is 0 Å². The van der Waals surface area contributed by atoms with E-state index in [9.17, 15) is 22.4 Å². The van der Waals surface area contributed by atoms with Gasteiger partial charge in [-0.25, -0.2) is 4.39 Å². The van der Waals surface area contributed by atoms with Gasteiger partial charge in [-0.15, -0.1) is 0 Å². The molecular weight excluding hydrogens is 326 g/mol. The van der Waals surface area contributed by atoms with Gasteiger partial charge in [0.25, 0.3) is 5.91 Å². The van der Waals surface area contributed by atoms with E-state index in [0.717, 1.165) is 0 Å². The van der Waals surface area contributed by atoms with Crippen LogP contribution in [0.2, 0.25) is 0 Å². The minimum atomic E-state index is -4.67. The van der Waals surface area contributed by atoms with Crippen molar-refractivity contribution in [1.29, 1.82) is 0 Å². The molecule has 0 radical (unpaired) electrons. The van der Waals surface area contributed by atoms with E-state index in [2.05, 4.69) is 5.32 Å². The first-order valence-electron chi connectivity index (χ1n) is 7.16. The summed E-state index contributed by atoms with van der Waals surface area (Å²) in [6, 6.07) is 9.62. The molecule has 2 aromatic rings. The summed E-state index contributed by atoms with van der Waals surface area (Å²) in [5.74, 6) is -2.02. The number of benzene rings is 2. The molecule has 2 aromatic carbocycles. The number of amides is 1. The second-order valence-corrected chi connectivity index (χ2v) is 5.14. The van der Waals surface area contributed by atoms with Crippen molar-refractivity contribution in [3.8, 4) is 0 Å². The number of carbonyl (C=O) groups is 1. The highest BCUT2D eigenvalue weighted by atomic mass is 19.4. The Morgan fingerprint density at radius 3 is 2.38 bits per heavy atom. The molecule has 128 valence electrons. The minimum Gasteiger partial charge on any atom is -0.396 e. The van der Waals surface area contributed by atoms with Crippen molar-refractivity contribution < 1.29 is 27.5 Å². The summed E-state index contributed by atoms with van der Waals surface area (Å²) in [5.41, 5.74) is -1.14. The molecule has 1 amide bonds. The topological polar surface area (TPSA) is 49.3 Å². The summed E-state index contributed by atoms with van der Waals surface area (Å²) < 4.78 is 51.9. The van der Waals surface area contributed by atoms with Crippen molar-refractivity contribution >= 4 is 5.91 Å². The molecule has 0 bridgehead atoms. The molecule has 0 aliphatic heterocycles. The molecule has 24 heavy (non-hydrogen) atoms. The molecule has 3 nitrogen and oxygen atoms in total. The van der Waals surface area contributed by atoms with E-state index in [1.807, 2.05) is 0 Å². The van der Waals surface area contributed by atoms with Gasteiger partial charge >= 0.3 is 6.18 Å². The van der Waals surface area contributed by atoms with Crippen molar-refractivity contribution in [3.05, 3.63) is 71.0 Å². The van der Waals surface area contributed by atoms with E-state index in [-0.39, 0.29) is 13.0 Å². The average molecular weight is 341 g/mol. The number of nitrogens with one attached hydrogen (secondary N) is 1. The number of halogens is 4. The Kier molecular flexibility index (Phi) is 5.56. The molecule has 0 fully saturated rings. The molecule has 0 aliphatic carbocycles. The van der Waals surface area contributed by atoms with Gasteiger partial charge in [0.1, 0.15) is 5.82 Å². The fourth-order valence-electron chi connectivity index (χ4n) is 2.25. The van der Waals surface area contributed by atoms with Gasteiger partial charge in [0.05, 0.1) is 17.2 Å². The van der Waals surface area contributed by atoms with Crippen LogP contribution >= 0.6 is 0 Å². The SMILES string of the molecule is O=C(NC(CCO)c1ccccc1)c1cc(C(F)(F)F)ccc1F. The molecule has 0 saturated carbocycles. The molecule has 0 saturated heterocycles. The average Bonchev–Trinajstić information content (AvgIpc) is 2.54. The van der Waals surface area contributed by atoms with Gasteiger partial charge < -0.3 is 10.4 Å². The number of aliphatic hydroxyl groups is 1. The third-order valence-corrected chi connectivity index (χ3v) is 3.46. The number of aliphatic hydroxyl groups excluding tert-OH is 1. The minimum absolute atomic E-state index is 0.149. The second kappa shape index (κ2) is 7.44. The van der Waals surface area contributed by atoms with E-state index in [0.29, 0.717) is 23.8 Å². The molecule has 0 heterocycles. The fraction of sp³-hybridized carbons (Fsp3) is 0.235.